The van der Waals surface area contributed by atoms with Crippen LogP contribution in [0.5, 0.6) is 0 Å². The summed E-state index contributed by atoms with van der Waals surface area (Å²) in [6.45, 7) is 13.1. The highest BCUT2D eigenvalue weighted by molar-refractivity contribution is 5.74. The van der Waals surface area contributed by atoms with Gasteiger partial charge in [-0.05, 0) is 50.8 Å². The minimum atomic E-state index is -0.00836. The van der Waals surface area contributed by atoms with E-state index in [9.17, 15) is 4.79 Å². The zero-order valence-electron chi connectivity index (χ0n) is 16.0. The predicted octanol–water partition coefficient (Wildman–Crippen LogP) is 3.68. The summed E-state index contributed by atoms with van der Waals surface area (Å²) in [5.74, 6) is 0.319. The molecule has 0 saturated heterocycles. The topological polar surface area (TPSA) is 50.2 Å². The van der Waals surface area contributed by atoms with Crippen molar-refractivity contribution in [2.75, 3.05) is 13.1 Å². The van der Waals surface area contributed by atoms with E-state index in [-0.39, 0.29) is 6.03 Å². The molecule has 0 aliphatic carbocycles. The third-order valence-electron chi connectivity index (χ3n) is 4.48. The highest BCUT2D eigenvalue weighted by atomic mass is 16.2. The van der Waals surface area contributed by atoms with Gasteiger partial charge in [0, 0.05) is 31.9 Å². The lowest BCUT2D eigenvalue weighted by atomic mass is 10.1. The Bertz CT molecular complexity index is 707. The highest BCUT2D eigenvalue weighted by Gasteiger charge is 2.14. The number of carbonyl (C=O) groups excluding carboxylic acids is 1. The number of carbonyl (C=O) groups is 1. The van der Waals surface area contributed by atoms with Crippen LogP contribution in [-0.4, -0.2) is 33.8 Å². The summed E-state index contributed by atoms with van der Waals surface area (Å²) in [7, 11) is 0. The molecule has 0 spiro atoms. The summed E-state index contributed by atoms with van der Waals surface area (Å²) in [6.07, 6.45) is 0. The van der Waals surface area contributed by atoms with Crippen LogP contribution in [0.3, 0.4) is 0 Å². The van der Waals surface area contributed by atoms with Gasteiger partial charge >= 0.3 is 6.03 Å². The summed E-state index contributed by atoms with van der Waals surface area (Å²) in [6, 6.07) is 10.3. The monoisotopic (exact) mass is 342 g/mol. The maximum absolute atomic E-state index is 12.5. The van der Waals surface area contributed by atoms with E-state index >= 15 is 0 Å². The number of amides is 2. The minimum absolute atomic E-state index is 0.00836. The Morgan fingerprint density at radius 3 is 2.60 bits per heavy atom. The van der Waals surface area contributed by atoms with Crippen molar-refractivity contribution in [1.29, 1.82) is 0 Å². The molecule has 1 aromatic carbocycles. The van der Waals surface area contributed by atoms with Crippen LogP contribution < -0.4 is 5.32 Å². The zero-order valence-corrected chi connectivity index (χ0v) is 16.0. The van der Waals surface area contributed by atoms with Crippen molar-refractivity contribution >= 4 is 6.03 Å². The largest absolute Gasteiger partial charge is 0.338 e. The highest BCUT2D eigenvalue weighted by Crippen LogP contribution is 2.11. The smallest absolute Gasteiger partial charge is 0.317 e. The molecule has 0 fully saturated rings. The average molecular weight is 342 g/mol. The lowest BCUT2D eigenvalue weighted by molar-refractivity contribution is 0.195. The van der Waals surface area contributed by atoms with Gasteiger partial charge in [-0.2, -0.15) is 5.10 Å². The number of hydrogen-bond donors (Lipinski definition) is 1. The molecule has 2 rings (SSSR count). The van der Waals surface area contributed by atoms with E-state index in [4.69, 9.17) is 0 Å². The van der Waals surface area contributed by atoms with Gasteiger partial charge in [-0.1, -0.05) is 31.2 Å². The first-order valence-corrected chi connectivity index (χ1v) is 8.99. The predicted molar refractivity (Wildman–Crippen MR) is 102 cm³/mol. The first-order chi connectivity index (χ1) is 11.9. The van der Waals surface area contributed by atoms with Crippen molar-refractivity contribution in [2.45, 2.75) is 47.7 Å². The van der Waals surface area contributed by atoms with Gasteiger partial charge in [-0.25, -0.2) is 4.79 Å². The Kier molecular flexibility index (Phi) is 6.62. The van der Waals surface area contributed by atoms with Crippen molar-refractivity contribution in [3.63, 3.8) is 0 Å². The second-order valence-electron chi connectivity index (χ2n) is 6.84. The van der Waals surface area contributed by atoms with Crippen LogP contribution >= 0.6 is 0 Å². The summed E-state index contributed by atoms with van der Waals surface area (Å²) >= 11 is 0. The molecular formula is C20H30N4O. The molecule has 1 aromatic heterocycles. The van der Waals surface area contributed by atoms with Crippen LogP contribution in [0.15, 0.2) is 30.3 Å². The second-order valence-corrected chi connectivity index (χ2v) is 6.84. The van der Waals surface area contributed by atoms with Crippen LogP contribution in [0, 0.1) is 26.7 Å². The van der Waals surface area contributed by atoms with Crippen LogP contribution in [0.25, 0.3) is 0 Å². The van der Waals surface area contributed by atoms with Crippen LogP contribution in [0.2, 0.25) is 0 Å². The fourth-order valence-corrected chi connectivity index (χ4v) is 2.91. The molecule has 1 atom stereocenters. The van der Waals surface area contributed by atoms with Gasteiger partial charge in [0.2, 0.25) is 0 Å². The third kappa shape index (κ3) is 5.34. The van der Waals surface area contributed by atoms with Crippen LogP contribution in [0.4, 0.5) is 4.79 Å². The fourth-order valence-electron chi connectivity index (χ4n) is 2.91. The third-order valence-corrected chi connectivity index (χ3v) is 4.48. The normalized spacial score (nSPS) is 12.0. The molecule has 0 radical (unpaired) electrons. The first kappa shape index (κ1) is 19.0. The summed E-state index contributed by atoms with van der Waals surface area (Å²) in [4.78, 5) is 14.4. The van der Waals surface area contributed by atoms with Gasteiger partial charge in [-0.15, -0.1) is 0 Å². The quantitative estimate of drug-likeness (QED) is 0.834. The number of aryl methyl sites for hydroxylation is 3. The summed E-state index contributed by atoms with van der Waals surface area (Å²) in [5.41, 5.74) is 4.59. The number of rotatable bonds is 7. The molecular weight excluding hydrogens is 312 g/mol. The van der Waals surface area contributed by atoms with Gasteiger partial charge in [0.25, 0.3) is 0 Å². The maximum atomic E-state index is 12.5. The van der Waals surface area contributed by atoms with Gasteiger partial charge in [0.1, 0.15) is 0 Å². The van der Waals surface area contributed by atoms with Gasteiger partial charge in [0.15, 0.2) is 0 Å². The van der Waals surface area contributed by atoms with E-state index in [0.717, 1.165) is 17.9 Å². The number of urea groups is 1. The van der Waals surface area contributed by atoms with E-state index in [1.54, 1.807) is 0 Å². The Labute approximate surface area is 151 Å². The minimum Gasteiger partial charge on any atom is -0.338 e. The Balaban J connectivity index is 1.87. The van der Waals surface area contributed by atoms with Crippen molar-refractivity contribution in [3.8, 4) is 0 Å². The number of benzene rings is 1. The zero-order chi connectivity index (χ0) is 18.4. The van der Waals surface area contributed by atoms with E-state index in [2.05, 4.69) is 49.4 Å². The molecule has 0 bridgehead atoms. The van der Waals surface area contributed by atoms with Gasteiger partial charge in [-0.3, -0.25) is 4.68 Å². The van der Waals surface area contributed by atoms with E-state index in [1.807, 2.05) is 35.6 Å². The van der Waals surface area contributed by atoms with E-state index in [0.29, 0.717) is 25.6 Å². The molecule has 136 valence electrons. The lowest BCUT2D eigenvalue weighted by Gasteiger charge is -2.23. The maximum Gasteiger partial charge on any atom is 0.317 e. The summed E-state index contributed by atoms with van der Waals surface area (Å²) < 4.78 is 2.01. The van der Waals surface area contributed by atoms with Gasteiger partial charge in [0.05, 0.1) is 5.69 Å². The van der Waals surface area contributed by atoms with E-state index < -0.39 is 0 Å². The van der Waals surface area contributed by atoms with Crippen molar-refractivity contribution in [1.82, 2.24) is 20.0 Å². The van der Waals surface area contributed by atoms with Crippen molar-refractivity contribution in [3.05, 3.63) is 52.8 Å². The number of nitrogens with zero attached hydrogens (tertiary/aromatic N) is 3. The lowest BCUT2D eigenvalue weighted by Crippen LogP contribution is -2.41. The molecule has 0 aliphatic heterocycles. The first-order valence-electron chi connectivity index (χ1n) is 8.99. The molecule has 0 aliphatic rings. The SMILES string of the molecule is CCN(Cc1ccccc1C)C(=O)NCC(C)Cn1nc(C)cc1C. The molecule has 1 heterocycles. The fraction of sp³-hybridized carbons (Fsp3) is 0.500. The van der Waals surface area contributed by atoms with Crippen molar-refractivity contribution in [2.24, 2.45) is 5.92 Å². The Hall–Kier alpha value is -2.30. The molecule has 2 aromatic rings. The number of aromatic nitrogens is 2. The molecule has 1 N–H and O–H groups in total. The Morgan fingerprint density at radius 1 is 1.28 bits per heavy atom. The number of nitrogens with one attached hydrogen (secondary N) is 1. The van der Waals surface area contributed by atoms with Crippen LogP contribution in [-0.2, 0) is 13.1 Å². The molecule has 5 nitrogen and oxygen atoms in total. The molecule has 1 unspecified atom stereocenters. The van der Waals surface area contributed by atoms with Gasteiger partial charge < -0.3 is 10.2 Å². The van der Waals surface area contributed by atoms with E-state index in [1.165, 1.54) is 11.1 Å². The molecule has 5 heteroatoms. The Morgan fingerprint density at radius 2 is 2.00 bits per heavy atom. The standard InChI is InChI=1S/C20H30N4O/c1-6-23(14-19-10-8-7-9-16(19)3)20(25)21-12-15(2)13-24-18(5)11-17(4)22-24/h7-11,15H,6,12-14H2,1-5H3,(H,21,25). The second kappa shape index (κ2) is 8.70. The summed E-state index contributed by atoms with van der Waals surface area (Å²) in [5, 5.41) is 7.55. The van der Waals surface area contributed by atoms with Crippen LogP contribution in [0.1, 0.15) is 36.4 Å². The molecule has 2 amide bonds. The average Bonchev–Trinajstić information content (AvgIpc) is 2.89. The van der Waals surface area contributed by atoms with Crippen molar-refractivity contribution < 1.29 is 4.79 Å². The number of hydrogen-bond acceptors (Lipinski definition) is 2. The molecule has 25 heavy (non-hydrogen) atoms. The molecule has 0 saturated carbocycles.